The third-order valence-corrected chi connectivity index (χ3v) is 14.9. The standard InChI is InChI=1S/C43H75NO34/c1-9-17(44-18-19(54)10(2-45)34(25(60)23(18)58)74-40-30(65)24(59)21(56)13(5-48)70-40)22(57)29(64)39(69-9)76-36-14(6-49)72-42(32(67)27(36)62)78-38-16(8-51)73-43(33(68)28(38)63)77-37-15(7-50)71-41(31(66)26(37)61)75-35(12(53)4-47)20(55)11(52)3-46/h3,9-45,47-68H,2,4-8H2,1H3. The maximum atomic E-state index is 11.4. The van der Waals surface area contributed by atoms with Gasteiger partial charge in [-0.3, -0.25) is 0 Å². The van der Waals surface area contributed by atoms with Gasteiger partial charge in [0, 0.05) is 5.92 Å². The van der Waals surface area contributed by atoms with E-state index >= 15 is 0 Å². The highest BCUT2D eigenvalue weighted by Crippen LogP contribution is 2.37. The molecule has 0 bridgehead atoms. The van der Waals surface area contributed by atoms with Crippen LogP contribution in [0.2, 0.25) is 0 Å². The maximum Gasteiger partial charge on any atom is 0.187 e. The monoisotopic (exact) mass is 1150 g/mol. The van der Waals surface area contributed by atoms with Gasteiger partial charge in [-0.15, -0.1) is 0 Å². The molecule has 0 aromatic rings. The molecule has 6 aliphatic rings. The number of hydrogen-bond acceptors (Lipinski definition) is 35. The number of carbonyl (C=O) groups excluding carboxylic acids is 1. The molecule has 24 N–H and O–H groups in total. The summed E-state index contributed by atoms with van der Waals surface area (Å²) in [6.07, 6.45) is -62.3. The Morgan fingerprint density at radius 1 is 0.423 bits per heavy atom. The van der Waals surface area contributed by atoms with Crippen LogP contribution < -0.4 is 5.32 Å². The summed E-state index contributed by atoms with van der Waals surface area (Å²) in [5, 5.41) is 247. The predicted molar refractivity (Wildman–Crippen MR) is 238 cm³/mol. The minimum atomic E-state index is -2.21. The lowest BCUT2D eigenvalue weighted by atomic mass is 9.76. The van der Waals surface area contributed by atoms with Crippen molar-refractivity contribution in [3.63, 3.8) is 0 Å². The van der Waals surface area contributed by atoms with Gasteiger partial charge in [0.2, 0.25) is 0 Å². The summed E-state index contributed by atoms with van der Waals surface area (Å²) in [5.74, 6) is -1.49. The summed E-state index contributed by atoms with van der Waals surface area (Å²) < 4.78 is 55.7. The summed E-state index contributed by atoms with van der Waals surface area (Å²) in [6.45, 7) is -4.69. The summed E-state index contributed by atoms with van der Waals surface area (Å²) >= 11 is 0. The molecule has 35 heteroatoms. The normalized spacial score (nSPS) is 50.1. The first-order valence-corrected chi connectivity index (χ1v) is 24.8. The number of aldehydes is 1. The topological polar surface area (TPSA) is 587 Å². The molecule has 5 saturated heterocycles. The zero-order chi connectivity index (χ0) is 57.9. The second-order valence-corrected chi connectivity index (χ2v) is 19.9. The van der Waals surface area contributed by atoms with Crippen LogP contribution in [0.1, 0.15) is 6.92 Å². The highest BCUT2D eigenvalue weighted by molar-refractivity contribution is 5.56. The summed E-state index contributed by atoms with van der Waals surface area (Å²) in [4.78, 5) is 11.1. The fraction of sp³-hybridized carbons (Fsp3) is 0.977. The van der Waals surface area contributed by atoms with Gasteiger partial charge in [-0.25, -0.2) is 0 Å². The van der Waals surface area contributed by atoms with E-state index in [0.29, 0.717) is 0 Å². The van der Waals surface area contributed by atoms with Crippen molar-refractivity contribution in [1.82, 2.24) is 5.32 Å². The molecule has 6 rings (SSSR count). The Bertz CT molecular complexity index is 1820. The van der Waals surface area contributed by atoms with Gasteiger partial charge in [-0.2, -0.15) is 0 Å². The first-order chi connectivity index (χ1) is 36.8. The fourth-order valence-corrected chi connectivity index (χ4v) is 10.2. The molecule has 0 aromatic heterocycles. The van der Waals surface area contributed by atoms with E-state index in [4.69, 9.17) is 47.4 Å². The van der Waals surface area contributed by atoms with Crippen molar-refractivity contribution >= 4 is 6.29 Å². The molecule has 35 nitrogen and oxygen atoms in total. The molecule has 0 amide bonds. The molecule has 6 fully saturated rings. The van der Waals surface area contributed by atoms with E-state index in [9.17, 15) is 122 Å². The largest absolute Gasteiger partial charge is 0.396 e. The number of rotatable bonds is 22. The first kappa shape index (κ1) is 65.5. The summed E-state index contributed by atoms with van der Waals surface area (Å²) in [7, 11) is 0. The van der Waals surface area contributed by atoms with Crippen LogP contribution in [-0.4, -0.2) is 372 Å². The molecule has 35 atom stereocenters. The van der Waals surface area contributed by atoms with E-state index in [1.807, 2.05) is 0 Å². The molecule has 1 saturated carbocycles. The minimum Gasteiger partial charge on any atom is -0.396 e. The molecule has 5 aliphatic heterocycles. The summed E-state index contributed by atoms with van der Waals surface area (Å²) in [6, 6.07) is -3.07. The van der Waals surface area contributed by atoms with Gasteiger partial charge in [-0.05, 0) is 6.92 Å². The van der Waals surface area contributed by atoms with Crippen LogP contribution in [0.3, 0.4) is 0 Å². The van der Waals surface area contributed by atoms with Gasteiger partial charge in [0.1, 0.15) is 146 Å². The molecule has 456 valence electrons. The van der Waals surface area contributed by atoms with Crippen molar-refractivity contribution in [2.45, 2.75) is 215 Å². The van der Waals surface area contributed by atoms with Crippen LogP contribution in [0.4, 0.5) is 0 Å². The van der Waals surface area contributed by atoms with Crippen molar-refractivity contribution in [3.05, 3.63) is 0 Å². The zero-order valence-corrected chi connectivity index (χ0v) is 41.3. The predicted octanol–water partition coefficient (Wildman–Crippen LogP) is -16.2. The van der Waals surface area contributed by atoms with Gasteiger partial charge in [0.05, 0.1) is 70.0 Å². The molecular formula is C43H75NO34. The minimum absolute atomic E-state index is 0.128. The fourth-order valence-electron chi connectivity index (χ4n) is 10.2. The maximum absolute atomic E-state index is 11.4. The highest BCUT2D eigenvalue weighted by Gasteiger charge is 2.58. The van der Waals surface area contributed by atoms with E-state index in [1.54, 1.807) is 0 Å². The van der Waals surface area contributed by atoms with Crippen molar-refractivity contribution in [1.29, 1.82) is 0 Å². The number of ether oxygens (including phenoxy) is 10. The van der Waals surface area contributed by atoms with Crippen LogP contribution in [0.5, 0.6) is 0 Å². The Balaban J connectivity index is 1.06. The van der Waals surface area contributed by atoms with E-state index in [2.05, 4.69) is 5.32 Å². The van der Waals surface area contributed by atoms with E-state index in [0.717, 1.165) is 0 Å². The molecule has 0 spiro atoms. The summed E-state index contributed by atoms with van der Waals surface area (Å²) in [5.41, 5.74) is 0. The van der Waals surface area contributed by atoms with Gasteiger partial charge in [0.25, 0.3) is 0 Å². The van der Waals surface area contributed by atoms with Crippen molar-refractivity contribution < 1.29 is 170 Å². The van der Waals surface area contributed by atoms with Crippen molar-refractivity contribution in [2.24, 2.45) is 5.92 Å². The number of aliphatic hydroxyl groups excluding tert-OH is 23. The molecule has 78 heavy (non-hydrogen) atoms. The van der Waals surface area contributed by atoms with Gasteiger partial charge >= 0.3 is 0 Å². The lowest BCUT2D eigenvalue weighted by Crippen LogP contribution is -2.73. The SMILES string of the molecule is CC1OC(OC2C(CO)OC(OC3C(CO)OC(OC4C(CO)OC(OC(C(O)CO)C(O)C(O)C=O)C(O)C4O)C(O)C3O)C(O)C2O)C(O)C(O)C1NC1C(O)C(O)C(OC2OC(CO)C(O)C(O)C2O)C(CO)C1O. The third-order valence-electron chi connectivity index (χ3n) is 14.9. The third kappa shape index (κ3) is 13.5. The molecule has 35 unspecified atom stereocenters. The molecular weight excluding hydrogens is 1070 g/mol. The van der Waals surface area contributed by atoms with Crippen LogP contribution in [0.15, 0.2) is 0 Å². The number of carbonyl (C=O) groups is 1. The smallest absolute Gasteiger partial charge is 0.187 e. The van der Waals surface area contributed by atoms with Gasteiger partial charge in [-0.1, -0.05) is 0 Å². The van der Waals surface area contributed by atoms with E-state index in [-0.39, 0.29) is 6.29 Å². The first-order valence-electron chi connectivity index (χ1n) is 24.8. The lowest BCUT2D eigenvalue weighted by Gasteiger charge is -2.51. The Hall–Kier alpha value is -1.69. The van der Waals surface area contributed by atoms with Crippen LogP contribution >= 0.6 is 0 Å². The Kier molecular flexibility index (Phi) is 23.7. The van der Waals surface area contributed by atoms with Crippen molar-refractivity contribution in [2.75, 3.05) is 39.6 Å². The number of nitrogens with one attached hydrogen (secondary N) is 1. The van der Waals surface area contributed by atoms with Crippen LogP contribution in [0.25, 0.3) is 0 Å². The lowest BCUT2D eigenvalue weighted by molar-refractivity contribution is -0.389. The Labute approximate surface area is 441 Å². The number of aliphatic hydroxyl groups is 23. The second-order valence-electron chi connectivity index (χ2n) is 19.9. The molecule has 5 heterocycles. The zero-order valence-electron chi connectivity index (χ0n) is 41.3. The average molecular weight is 1150 g/mol. The quantitative estimate of drug-likeness (QED) is 0.0448. The van der Waals surface area contributed by atoms with E-state index < -0.39 is 254 Å². The molecule has 0 aromatic carbocycles. The Morgan fingerprint density at radius 2 is 0.795 bits per heavy atom. The molecule has 0 radical (unpaired) electrons. The number of hydrogen-bond donors (Lipinski definition) is 24. The molecule has 1 aliphatic carbocycles. The van der Waals surface area contributed by atoms with Crippen LogP contribution in [-0.2, 0) is 52.2 Å². The van der Waals surface area contributed by atoms with Gasteiger partial charge in [0.15, 0.2) is 37.7 Å². The van der Waals surface area contributed by atoms with Gasteiger partial charge < -0.3 is 175 Å². The Morgan fingerprint density at radius 3 is 1.23 bits per heavy atom. The van der Waals surface area contributed by atoms with Crippen LogP contribution in [0, 0.1) is 5.92 Å². The highest BCUT2D eigenvalue weighted by atomic mass is 16.8. The van der Waals surface area contributed by atoms with E-state index in [1.165, 1.54) is 6.92 Å². The second kappa shape index (κ2) is 28.3. The average Bonchev–Trinajstić information content (AvgIpc) is 3.45. The van der Waals surface area contributed by atoms with Crippen molar-refractivity contribution in [3.8, 4) is 0 Å².